The van der Waals surface area contributed by atoms with Gasteiger partial charge in [0.15, 0.2) is 5.82 Å². The van der Waals surface area contributed by atoms with Crippen LogP contribution in [0.25, 0.3) is 39.4 Å². The zero-order valence-electron chi connectivity index (χ0n) is 25.1. The second-order valence-electron chi connectivity index (χ2n) is 11.0. The third-order valence-electron chi connectivity index (χ3n) is 7.20. The van der Waals surface area contributed by atoms with Gasteiger partial charge in [-0.25, -0.2) is 4.68 Å². The van der Waals surface area contributed by atoms with Gasteiger partial charge in [0, 0.05) is 22.9 Å². The van der Waals surface area contributed by atoms with E-state index < -0.39 is 0 Å². The molecule has 0 bridgehead atoms. The maximum atomic E-state index is 13.5. The van der Waals surface area contributed by atoms with Gasteiger partial charge in [-0.1, -0.05) is 56.7 Å². The highest BCUT2D eigenvalue weighted by Gasteiger charge is 2.15. The predicted octanol–water partition coefficient (Wildman–Crippen LogP) is 6.82. The molecule has 6 rings (SSSR count). The molecule has 0 saturated carbocycles. The van der Waals surface area contributed by atoms with E-state index in [1.165, 1.54) is 15.9 Å². The molecule has 0 atom stereocenters. The molecular weight excluding hydrogens is 570 g/mol. The maximum Gasteiger partial charge on any atom is 0.291 e. The minimum absolute atomic E-state index is 0.212. The van der Waals surface area contributed by atoms with Crippen molar-refractivity contribution in [3.63, 3.8) is 0 Å². The van der Waals surface area contributed by atoms with Gasteiger partial charge < -0.3 is 9.47 Å². The van der Waals surface area contributed by atoms with Crippen molar-refractivity contribution in [1.82, 2.24) is 24.4 Å². The van der Waals surface area contributed by atoms with Gasteiger partial charge in [-0.15, -0.1) is 5.10 Å². The second kappa shape index (κ2) is 13.3. The van der Waals surface area contributed by atoms with Crippen molar-refractivity contribution in [2.24, 2.45) is 5.92 Å². The fourth-order valence-electron chi connectivity index (χ4n) is 4.68. The first kappa shape index (κ1) is 29.3. The first-order chi connectivity index (χ1) is 21.5. The van der Waals surface area contributed by atoms with Crippen molar-refractivity contribution in [1.29, 1.82) is 0 Å². The van der Waals surface area contributed by atoms with E-state index in [1.54, 1.807) is 0 Å². The second-order valence-corrected chi connectivity index (χ2v) is 12.0. The molecule has 0 saturated heterocycles. The lowest BCUT2D eigenvalue weighted by atomic mass is 10.1. The summed E-state index contributed by atoms with van der Waals surface area (Å²) in [7, 11) is 0. The maximum absolute atomic E-state index is 13.5. The molecule has 0 fully saturated rings. The van der Waals surface area contributed by atoms with Crippen LogP contribution in [0.2, 0.25) is 0 Å². The monoisotopic (exact) mass is 605 g/mol. The topological polar surface area (TPSA) is 83.5 Å². The van der Waals surface area contributed by atoms with Gasteiger partial charge in [0.2, 0.25) is 4.96 Å². The number of thiazole rings is 1. The quantitative estimate of drug-likeness (QED) is 0.142. The van der Waals surface area contributed by atoms with Crippen LogP contribution in [0.4, 0.5) is 0 Å². The van der Waals surface area contributed by atoms with E-state index in [0.29, 0.717) is 34.4 Å². The number of nitrogens with zero attached hydrogens (tertiary/aromatic N) is 5. The average Bonchev–Trinajstić information content (AvgIpc) is 3.73. The minimum Gasteiger partial charge on any atom is -0.494 e. The summed E-state index contributed by atoms with van der Waals surface area (Å²) >= 11 is 1.31. The molecule has 0 spiro atoms. The van der Waals surface area contributed by atoms with E-state index in [1.807, 2.05) is 95.8 Å². The molecule has 3 heterocycles. The van der Waals surface area contributed by atoms with Crippen LogP contribution in [-0.2, 0) is 0 Å². The highest BCUT2D eigenvalue weighted by molar-refractivity contribution is 7.15. The Bertz CT molecular complexity index is 1940. The molecule has 0 aliphatic rings. The molecule has 0 radical (unpaired) electrons. The number of rotatable bonds is 12. The SMILES string of the molecule is CCCCOc1ccc(-c2nc3s/c(=C\c4cn(-c5ccccc5)nc4-c4ccc(OCCC(C)C)cc4)c(=O)n3n2)cc1. The Kier molecular flexibility index (Phi) is 8.84. The van der Waals surface area contributed by atoms with Crippen LogP contribution in [0.1, 0.15) is 45.6 Å². The molecule has 224 valence electrons. The number of hydrogen-bond acceptors (Lipinski definition) is 7. The zero-order valence-corrected chi connectivity index (χ0v) is 26.0. The highest BCUT2D eigenvalue weighted by atomic mass is 32.1. The summed E-state index contributed by atoms with van der Waals surface area (Å²) in [5.74, 6) is 2.73. The zero-order chi connectivity index (χ0) is 30.5. The number of aromatic nitrogens is 5. The van der Waals surface area contributed by atoms with Crippen LogP contribution < -0.4 is 19.6 Å². The number of hydrogen-bond donors (Lipinski definition) is 0. The number of fused-ring (bicyclic) bond motifs is 1. The summed E-state index contributed by atoms with van der Waals surface area (Å²) in [4.78, 5) is 18.7. The number of benzene rings is 3. The molecular formula is C35H35N5O3S. The van der Waals surface area contributed by atoms with Crippen LogP contribution in [-0.4, -0.2) is 37.6 Å². The first-order valence-corrected chi connectivity index (χ1v) is 15.8. The highest BCUT2D eigenvalue weighted by Crippen LogP contribution is 2.27. The smallest absolute Gasteiger partial charge is 0.291 e. The van der Waals surface area contributed by atoms with Crippen LogP contribution >= 0.6 is 11.3 Å². The van der Waals surface area contributed by atoms with Crippen molar-refractivity contribution in [2.75, 3.05) is 13.2 Å². The fourth-order valence-corrected chi connectivity index (χ4v) is 5.58. The molecule has 3 aromatic carbocycles. The van der Waals surface area contributed by atoms with Gasteiger partial charge in [0.05, 0.1) is 23.4 Å². The van der Waals surface area contributed by atoms with Crippen LogP contribution in [0, 0.1) is 5.92 Å². The third kappa shape index (κ3) is 6.58. The lowest BCUT2D eigenvalue weighted by Crippen LogP contribution is -2.23. The lowest BCUT2D eigenvalue weighted by molar-refractivity contribution is 0.289. The Labute approximate surface area is 260 Å². The molecule has 0 aliphatic carbocycles. The molecule has 44 heavy (non-hydrogen) atoms. The van der Waals surface area contributed by atoms with Crippen molar-refractivity contribution in [3.8, 4) is 39.8 Å². The standard InChI is InChI=1S/C35H35N5O3S/c1-4-5-20-42-29-17-13-26(14-18-29)33-36-35-40(38-33)34(41)31(44-35)22-27-23-39(28-9-7-6-8-10-28)37-32(27)25-11-15-30(16-12-25)43-21-19-24(2)3/h6-18,22-24H,4-5,19-21H2,1-3H3/b31-22-. The Morgan fingerprint density at radius 3 is 2.20 bits per heavy atom. The summed E-state index contributed by atoms with van der Waals surface area (Å²) < 4.78 is 15.4. The molecule has 9 heteroatoms. The van der Waals surface area contributed by atoms with Crippen molar-refractivity contribution >= 4 is 22.4 Å². The first-order valence-electron chi connectivity index (χ1n) is 15.0. The van der Waals surface area contributed by atoms with Crippen LogP contribution in [0.3, 0.4) is 0 Å². The Hall–Kier alpha value is -4.76. The van der Waals surface area contributed by atoms with Gasteiger partial charge in [-0.05, 0) is 85.5 Å². The Morgan fingerprint density at radius 2 is 1.55 bits per heavy atom. The van der Waals surface area contributed by atoms with Gasteiger partial charge >= 0.3 is 0 Å². The van der Waals surface area contributed by atoms with E-state index in [0.717, 1.165) is 58.8 Å². The summed E-state index contributed by atoms with van der Waals surface area (Å²) in [5.41, 5.74) is 4.06. The van der Waals surface area contributed by atoms with E-state index in [9.17, 15) is 4.79 Å². The van der Waals surface area contributed by atoms with E-state index in [-0.39, 0.29) is 5.56 Å². The normalized spacial score (nSPS) is 12.0. The Balaban J connectivity index is 1.32. The molecule has 0 amide bonds. The summed E-state index contributed by atoms with van der Waals surface area (Å²) in [5, 5.41) is 9.45. The third-order valence-corrected chi connectivity index (χ3v) is 8.16. The van der Waals surface area contributed by atoms with Crippen molar-refractivity contribution < 1.29 is 9.47 Å². The van der Waals surface area contributed by atoms with E-state index in [4.69, 9.17) is 14.6 Å². The molecule has 0 aliphatic heterocycles. The molecule has 8 nitrogen and oxygen atoms in total. The molecule has 3 aromatic heterocycles. The number of unbranched alkanes of at least 4 members (excludes halogenated alkanes) is 1. The van der Waals surface area contributed by atoms with E-state index in [2.05, 4.69) is 30.9 Å². The molecule has 0 N–H and O–H groups in total. The molecule has 6 aromatic rings. The van der Waals surface area contributed by atoms with Gasteiger partial charge in [0.25, 0.3) is 5.56 Å². The number of para-hydroxylation sites is 1. The van der Waals surface area contributed by atoms with Crippen LogP contribution in [0.15, 0.2) is 89.9 Å². The molecule has 0 unspecified atom stereocenters. The lowest BCUT2D eigenvalue weighted by Gasteiger charge is -2.08. The number of ether oxygens (including phenoxy) is 2. The van der Waals surface area contributed by atoms with E-state index >= 15 is 0 Å². The summed E-state index contributed by atoms with van der Waals surface area (Å²) in [6.07, 6.45) is 6.92. The van der Waals surface area contributed by atoms with Gasteiger partial charge in [0.1, 0.15) is 17.2 Å². The predicted molar refractivity (Wildman–Crippen MR) is 176 cm³/mol. The van der Waals surface area contributed by atoms with Gasteiger partial charge in [-0.3, -0.25) is 4.79 Å². The van der Waals surface area contributed by atoms with Crippen molar-refractivity contribution in [2.45, 2.75) is 40.0 Å². The Morgan fingerprint density at radius 1 is 0.864 bits per heavy atom. The largest absolute Gasteiger partial charge is 0.494 e. The van der Waals surface area contributed by atoms with Gasteiger partial charge in [-0.2, -0.15) is 14.6 Å². The van der Waals surface area contributed by atoms with Crippen molar-refractivity contribution in [3.05, 3.63) is 106 Å². The summed E-state index contributed by atoms with van der Waals surface area (Å²) in [6, 6.07) is 25.5. The summed E-state index contributed by atoms with van der Waals surface area (Å²) in [6.45, 7) is 7.88. The van der Waals surface area contributed by atoms with Crippen LogP contribution in [0.5, 0.6) is 11.5 Å². The fraction of sp³-hybridized carbons (Fsp3) is 0.257. The average molecular weight is 606 g/mol. The minimum atomic E-state index is -0.212.